The molecule has 3 rings (SSSR count). The molecule has 0 atom stereocenters. The Morgan fingerprint density at radius 3 is 2.79 bits per heavy atom. The number of rotatable bonds is 3. The van der Waals surface area contributed by atoms with Gasteiger partial charge in [0.2, 0.25) is 5.91 Å². The van der Waals surface area contributed by atoms with Crippen molar-refractivity contribution in [2.75, 3.05) is 23.9 Å². The maximum Gasteiger partial charge on any atom is 0.264 e. The van der Waals surface area contributed by atoms with Gasteiger partial charge in [0.25, 0.3) is 5.91 Å². The van der Waals surface area contributed by atoms with Crippen LogP contribution in [-0.2, 0) is 16.0 Å². The number of likely N-dealkylation sites (N-methyl/N-ethyl adjacent to an activating group) is 1. The highest BCUT2D eigenvalue weighted by Gasteiger charge is 2.22. The van der Waals surface area contributed by atoms with E-state index >= 15 is 0 Å². The van der Waals surface area contributed by atoms with Gasteiger partial charge in [-0.2, -0.15) is 0 Å². The minimum Gasteiger partial charge on any atom is -0.482 e. The van der Waals surface area contributed by atoms with E-state index in [2.05, 4.69) is 5.32 Å². The standard InChI is InChI=1S/C19H20N2O3/c1-12-4-5-13(2)15(8-12)20-18(22)10-14-6-7-17-16(9-14)21(3)19(23)11-24-17/h4-9H,10-11H2,1-3H3,(H,20,22). The largest absolute Gasteiger partial charge is 0.482 e. The second kappa shape index (κ2) is 6.35. The highest BCUT2D eigenvalue weighted by molar-refractivity contribution is 5.98. The van der Waals surface area contributed by atoms with Gasteiger partial charge in [-0.3, -0.25) is 9.59 Å². The molecular formula is C19H20N2O3. The highest BCUT2D eigenvalue weighted by atomic mass is 16.5. The van der Waals surface area contributed by atoms with Crippen molar-refractivity contribution >= 4 is 23.2 Å². The van der Waals surface area contributed by atoms with E-state index in [1.54, 1.807) is 18.0 Å². The average molecular weight is 324 g/mol. The molecule has 0 unspecified atom stereocenters. The van der Waals surface area contributed by atoms with Gasteiger partial charge in [-0.1, -0.05) is 18.2 Å². The first-order chi connectivity index (χ1) is 11.4. The summed E-state index contributed by atoms with van der Waals surface area (Å²) in [6, 6.07) is 11.4. The molecule has 1 N–H and O–H groups in total. The van der Waals surface area contributed by atoms with E-state index in [0.717, 1.165) is 22.4 Å². The Labute approximate surface area is 141 Å². The predicted molar refractivity (Wildman–Crippen MR) is 93.6 cm³/mol. The predicted octanol–water partition coefficient (Wildman–Crippen LogP) is 2.84. The third-order valence-electron chi connectivity index (χ3n) is 4.14. The fraction of sp³-hybridized carbons (Fsp3) is 0.263. The lowest BCUT2D eigenvalue weighted by Crippen LogP contribution is -2.35. The van der Waals surface area contributed by atoms with Crippen molar-refractivity contribution in [1.29, 1.82) is 0 Å². The van der Waals surface area contributed by atoms with Gasteiger partial charge in [0.15, 0.2) is 6.61 Å². The van der Waals surface area contributed by atoms with Crippen molar-refractivity contribution < 1.29 is 14.3 Å². The number of amides is 2. The summed E-state index contributed by atoms with van der Waals surface area (Å²) in [5, 5.41) is 2.95. The van der Waals surface area contributed by atoms with Gasteiger partial charge < -0.3 is 15.0 Å². The number of fused-ring (bicyclic) bond motifs is 1. The summed E-state index contributed by atoms with van der Waals surface area (Å²) in [7, 11) is 1.71. The maximum absolute atomic E-state index is 12.3. The van der Waals surface area contributed by atoms with Crippen LogP contribution >= 0.6 is 0 Å². The molecule has 0 radical (unpaired) electrons. The summed E-state index contributed by atoms with van der Waals surface area (Å²) < 4.78 is 5.40. The zero-order chi connectivity index (χ0) is 17.3. The Bertz CT molecular complexity index is 814. The molecule has 0 aliphatic carbocycles. The highest BCUT2D eigenvalue weighted by Crippen LogP contribution is 2.32. The minimum absolute atomic E-state index is 0.0516. The fourth-order valence-electron chi connectivity index (χ4n) is 2.68. The first kappa shape index (κ1) is 16.1. The number of hydrogen-bond acceptors (Lipinski definition) is 3. The minimum atomic E-state index is -0.0977. The third kappa shape index (κ3) is 3.25. The third-order valence-corrected chi connectivity index (χ3v) is 4.14. The Kier molecular flexibility index (Phi) is 4.25. The summed E-state index contributed by atoms with van der Waals surface area (Å²) in [5.74, 6) is 0.477. The molecule has 0 fully saturated rings. The molecule has 2 aromatic rings. The number of aryl methyl sites for hydroxylation is 2. The van der Waals surface area contributed by atoms with Gasteiger partial charge in [-0.05, 0) is 48.7 Å². The lowest BCUT2D eigenvalue weighted by Gasteiger charge is -2.26. The van der Waals surface area contributed by atoms with Crippen LogP contribution in [0.25, 0.3) is 0 Å². The number of nitrogens with zero attached hydrogens (tertiary/aromatic N) is 1. The van der Waals surface area contributed by atoms with Crippen molar-refractivity contribution in [3.8, 4) is 5.75 Å². The van der Waals surface area contributed by atoms with Gasteiger partial charge in [-0.15, -0.1) is 0 Å². The summed E-state index contributed by atoms with van der Waals surface area (Å²) in [6.07, 6.45) is 0.239. The van der Waals surface area contributed by atoms with Crippen LogP contribution in [0.3, 0.4) is 0 Å². The van der Waals surface area contributed by atoms with Crippen LogP contribution in [0.1, 0.15) is 16.7 Å². The Hall–Kier alpha value is -2.82. The molecule has 0 bridgehead atoms. The average Bonchev–Trinajstić information content (AvgIpc) is 2.55. The van der Waals surface area contributed by atoms with E-state index in [1.165, 1.54) is 0 Å². The Morgan fingerprint density at radius 2 is 2.00 bits per heavy atom. The SMILES string of the molecule is Cc1ccc(C)c(NC(=O)Cc2ccc3c(c2)N(C)C(=O)CO3)c1. The quantitative estimate of drug-likeness (QED) is 0.944. The van der Waals surface area contributed by atoms with E-state index in [4.69, 9.17) is 4.74 Å². The van der Waals surface area contributed by atoms with Crippen LogP contribution < -0.4 is 15.0 Å². The zero-order valence-electron chi connectivity index (χ0n) is 14.1. The van der Waals surface area contributed by atoms with Crippen molar-refractivity contribution in [2.45, 2.75) is 20.3 Å². The summed E-state index contributed by atoms with van der Waals surface area (Å²) >= 11 is 0. The van der Waals surface area contributed by atoms with Crippen LogP contribution in [0.4, 0.5) is 11.4 Å². The Morgan fingerprint density at radius 1 is 1.21 bits per heavy atom. The van der Waals surface area contributed by atoms with Crippen molar-refractivity contribution in [2.24, 2.45) is 0 Å². The molecule has 2 amide bonds. The molecule has 5 nitrogen and oxygen atoms in total. The number of nitrogens with one attached hydrogen (secondary N) is 1. The molecule has 1 heterocycles. The van der Waals surface area contributed by atoms with Gasteiger partial charge in [0.05, 0.1) is 12.1 Å². The normalized spacial score (nSPS) is 13.3. The fourth-order valence-corrected chi connectivity index (χ4v) is 2.68. The zero-order valence-corrected chi connectivity index (χ0v) is 14.1. The summed E-state index contributed by atoms with van der Waals surface area (Å²) in [5.41, 5.74) is 4.48. The molecule has 2 aromatic carbocycles. The number of ether oxygens (including phenoxy) is 1. The number of hydrogen-bond donors (Lipinski definition) is 1. The number of benzene rings is 2. The molecule has 24 heavy (non-hydrogen) atoms. The Balaban J connectivity index is 1.75. The van der Waals surface area contributed by atoms with Crippen molar-refractivity contribution in [1.82, 2.24) is 0 Å². The van der Waals surface area contributed by atoms with Crippen LogP contribution in [0.2, 0.25) is 0 Å². The maximum atomic E-state index is 12.3. The van der Waals surface area contributed by atoms with Crippen LogP contribution in [0.15, 0.2) is 36.4 Å². The number of carbonyl (C=O) groups excluding carboxylic acids is 2. The van der Waals surface area contributed by atoms with Gasteiger partial charge in [-0.25, -0.2) is 0 Å². The molecule has 1 aliphatic rings. The van der Waals surface area contributed by atoms with Gasteiger partial charge in [0, 0.05) is 12.7 Å². The first-order valence-electron chi connectivity index (χ1n) is 7.83. The van der Waals surface area contributed by atoms with Gasteiger partial charge >= 0.3 is 0 Å². The van der Waals surface area contributed by atoms with E-state index in [9.17, 15) is 9.59 Å². The molecule has 0 aromatic heterocycles. The van der Waals surface area contributed by atoms with E-state index in [0.29, 0.717) is 11.4 Å². The molecule has 0 saturated carbocycles. The smallest absolute Gasteiger partial charge is 0.264 e. The van der Waals surface area contributed by atoms with Crippen LogP contribution in [0, 0.1) is 13.8 Å². The monoisotopic (exact) mass is 324 g/mol. The van der Waals surface area contributed by atoms with Crippen LogP contribution in [-0.4, -0.2) is 25.5 Å². The molecule has 0 saturated heterocycles. The van der Waals surface area contributed by atoms with Gasteiger partial charge in [0.1, 0.15) is 5.75 Å². The van der Waals surface area contributed by atoms with E-state index in [1.807, 2.05) is 44.2 Å². The lowest BCUT2D eigenvalue weighted by atomic mass is 10.1. The topological polar surface area (TPSA) is 58.6 Å². The number of carbonyl (C=O) groups is 2. The molecule has 0 spiro atoms. The second-order valence-corrected chi connectivity index (χ2v) is 6.09. The number of anilines is 2. The molecule has 124 valence electrons. The molecule has 5 heteroatoms. The summed E-state index contributed by atoms with van der Waals surface area (Å²) in [4.78, 5) is 25.6. The van der Waals surface area contributed by atoms with Crippen molar-refractivity contribution in [3.63, 3.8) is 0 Å². The van der Waals surface area contributed by atoms with E-state index in [-0.39, 0.29) is 24.8 Å². The van der Waals surface area contributed by atoms with E-state index < -0.39 is 0 Å². The summed E-state index contributed by atoms with van der Waals surface area (Å²) in [6.45, 7) is 4.01. The van der Waals surface area contributed by atoms with Crippen molar-refractivity contribution in [3.05, 3.63) is 53.1 Å². The first-order valence-corrected chi connectivity index (χ1v) is 7.83. The molecule has 1 aliphatic heterocycles. The molecular weight excluding hydrogens is 304 g/mol. The lowest BCUT2D eigenvalue weighted by molar-refractivity contribution is -0.121. The van der Waals surface area contributed by atoms with Crippen LogP contribution in [0.5, 0.6) is 5.75 Å². The second-order valence-electron chi connectivity index (χ2n) is 6.09.